The SMILES string of the molecule is CCC(C)N1CCN(CC(O)CNCC(C)C)CC1. The van der Waals surface area contributed by atoms with Crippen LogP contribution in [0.25, 0.3) is 0 Å². The van der Waals surface area contributed by atoms with Crippen molar-refractivity contribution in [2.24, 2.45) is 5.92 Å². The summed E-state index contributed by atoms with van der Waals surface area (Å²) < 4.78 is 0. The van der Waals surface area contributed by atoms with Gasteiger partial charge in [-0.15, -0.1) is 0 Å². The zero-order valence-corrected chi connectivity index (χ0v) is 13.2. The van der Waals surface area contributed by atoms with Crippen LogP contribution in [0.15, 0.2) is 0 Å². The first-order chi connectivity index (χ1) is 9.02. The minimum absolute atomic E-state index is 0.242. The second-order valence-corrected chi connectivity index (χ2v) is 6.30. The van der Waals surface area contributed by atoms with Crippen molar-refractivity contribution in [2.75, 3.05) is 45.8 Å². The van der Waals surface area contributed by atoms with Crippen LogP contribution in [0.3, 0.4) is 0 Å². The van der Waals surface area contributed by atoms with Crippen molar-refractivity contribution in [1.29, 1.82) is 0 Å². The molecule has 114 valence electrons. The molecule has 1 rings (SSSR count). The molecule has 2 N–H and O–H groups in total. The summed E-state index contributed by atoms with van der Waals surface area (Å²) >= 11 is 0. The van der Waals surface area contributed by atoms with Crippen LogP contribution >= 0.6 is 0 Å². The molecule has 0 saturated carbocycles. The fourth-order valence-electron chi connectivity index (χ4n) is 2.55. The van der Waals surface area contributed by atoms with Crippen molar-refractivity contribution in [3.8, 4) is 0 Å². The van der Waals surface area contributed by atoms with Crippen molar-refractivity contribution >= 4 is 0 Å². The van der Waals surface area contributed by atoms with Crippen molar-refractivity contribution in [3.05, 3.63) is 0 Å². The Bertz CT molecular complexity index is 227. The van der Waals surface area contributed by atoms with E-state index in [2.05, 4.69) is 42.8 Å². The second kappa shape index (κ2) is 8.90. The molecule has 1 aliphatic heterocycles. The Balaban J connectivity index is 2.14. The van der Waals surface area contributed by atoms with E-state index in [9.17, 15) is 5.11 Å². The predicted octanol–water partition coefficient (Wildman–Crippen LogP) is 1.01. The topological polar surface area (TPSA) is 38.7 Å². The van der Waals surface area contributed by atoms with Gasteiger partial charge in [-0.3, -0.25) is 9.80 Å². The van der Waals surface area contributed by atoms with E-state index in [0.717, 1.165) is 39.3 Å². The maximum absolute atomic E-state index is 10.0. The zero-order valence-electron chi connectivity index (χ0n) is 13.2. The van der Waals surface area contributed by atoms with Crippen LogP contribution in [0.5, 0.6) is 0 Å². The summed E-state index contributed by atoms with van der Waals surface area (Å²) in [6.07, 6.45) is 0.982. The molecule has 19 heavy (non-hydrogen) atoms. The molecule has 0 radical (unpaired) electrons. The summed E-state index contributed by atoms with van der Waals surface area (Å²) in [7, 11) is 0. The lowest BCUT2D eigenvalue weighted by molar-refractivity contribution is 0.0585. The van der Waals surface area contributed by atoms with E-state index in [0.29, 0.717) is 18.5 Å². The number of piperazine rings is 1. The molecule has 4 heteroatoms. The van der Waals surface area contributed by atoms with Gasteiger partial charge < -0.3 is 10.4 Å². The molecule has 0 aromatic rings. The van der Waals surface area contributed by atoms with Crippen LogP contribution in [0.1, 0.15) is 34.1 Å². The van der Waals surface area contributed by atoms with Gasteiger partial charge in [0.2, 0.25) is 0 Å². The van der Waals surface area contributed by atoms with Crippen LogP contribution in [-0.2, 0) is 0 Å². The normalized spacial score (nSPS) is 21.8. The summed E-state index contributed by atoms with van der Waals surface area (Å²) in [5.41, 5.74) is 0. The highest BCUT2D eigenvalue weighted by atomic mass is 16.3. The number of aliphatic hydroxyl groups is 1. The van der Waals surface area contributed by atoms with Gasteiger partial charge >= 0.3 is 0 Å². The molecule has 0 bridgehead atoms. The number of rotatable bonds is 8. The highest BCUT2D eigenvalue weighted by molar-refractivity contribution is 4.77. The average molecular weight is 271 g/mol. The Labute approximate surface area is 119 Å². The number of hydrogen-bond acceptors (Lipinski definition) is 4. The van der Waals surface area contributed by atoms with Gasteiger partial charge in [0.05, 0.1) is 6.10 Å². The van der Waals surface area contributed by atoms with E-state index in [1.165, 1.54) is 6.42 Å². The number of nitrogens with one attached hydrogen (secondary N) is 1. The number of β-amino-alcohol motifs (C(OH)–C–C–N with tert-alkyl or cyclic N) is 1. The van der Waals surface area contributed by atoms with Crippen molar-refractivity contribution in [2.45, 2.75) is 46.3 Å². The van der Waals surface area contributed by atoms with Crippen LogP contribution < -0.4 is 5.32 Å². The molecular weight excluding hydrogens is 238 g/mol. The van der Waals surface area contributed by atoms with Gasteiger partial charge in [0.25, 0.3) is 0 Å². The maximum atomic E-state index is 10.0. The Hall–Kier alpha value is -0.160. The molecule has 1 fully saturated rings. The maximum Gasteiger partial charge on any atom is 0.0791 e. The minimum atomic E-state index is -0.242. The van der Waals surface area contributed by atoms with Crippen molar-refractivity contribution in [1.82, 2.24) is 15.1 Å². The van der Waals surface area contributed by atoms with E-state index < -0.39 is 0 Å². The molecule has 0 spiro atoms. The van der Waals surface area contributed by atoms with E-state index in [4.69, 9.17) is 0 Å². The fraction of sp³-hybridized carbons (Fsp3) is 1.00. The third kappa shape index (κ3) is 6.70. The largest absolute Gasteiger partial charge is 0.390 e. The third-order valence-electron chi connectivity index (χ3n) is 4.02. The third-order valence-corrected chi connectivity index (χ3v) is 4.02. The van der Waals surface area contributed by atoms with Crippen LogP contribution in [-0.4, -0.2) is 72.9 Å². The number of nitrogens with zero attached hydrogens (tertiary/aromatic N) is 2. The number of aliphatic hydroxyl groups excluding tert-OH is 1. The Morgan fingerprint density at radius 2 is 1.68 bits per heavy atom. The van der Waals surface area contributed by atoms with Crippen molar-refractivity contribution in [3.63, 3.8) is 0 Å². The van der Waals surface area contributed by atoms with E-state index >= 15 is 0 Å². The lowest BCUT2D eigenvalue weighted by Gasteiger charge is -2.38. The summed E-state index contributed by atoms with van der Waals surface area (Å²) in [6.45, 7) is 15.9. The smallest absolute Gasteiger partial charge is 0.0791 e. The first-order valence-corrected chi connectivity index (χ1v) is 7.88. The fourth-order valence-corrected chi connectivity index (χ4v) is 2.55. The van der Waals surface area contributed by atoms with Gasteiger partial charge in [-0.05, 0) is 25.8 Å². The van der Waals surface area contributed by atoms with Crippen LogP contribution in [0.4, 0.5) is 0 Å². The average Bonchev–Trinajstić information content (AvgIpc) is 2.38. The van der Waals surface area contributed by atoms with Gasteiger partial charge in [-0.1, -0.05) is 20.8 Å². The molecule has 0 aromatic heterocycles. The molecule has 2 atom stereocenters. The van der Waals surface area contributed by atoms with Gasteiger partial charge in [0.15, 0.2) is 0 Å². The Kier molecular flexibility index (Phi) is 7.91. The standard InChI is InChI=1S/C15H33N3O/c1-5-14(4)18-8-6-17(7-9-18)12-15(19)11-16-10-13(2)3/h13-16,19H,5-12H2,1-4H3. The minimum Gasteiger partial charge on any atom is -0.390 e. The molecule has 1 saturated heterocycles. The lowest BCUT2D eigenvalue weighted by Crippen LogP contribution is -2.51. The van der Waals surface area contributed by atoms with Gasteiger partial charge in [-0.25, -0.2) is 0 Å². The second-order valence-electron chi connectivity index (χ2n) is 6.30. The summed E-state index contributed by atoms with van der Waals surface area (Å²) in [6, 6.07) is 0.694. The Morgan fingerprint density at radius 3 is 2.21 bits per heavy atom. The van der Waals surface area contributed by atoms with Crippen LogP contribution in [0.2, 0.25) is 0 Å². The summed E-state index contributed by atoms with van der Waals surface area (Å²) in [5, 5.41) is 13.3. The quantitative estimate of drug-likeness (QED) is 0.691. The summed E-state index contributed by atoms with van der Waals surface area (Å²) in [4.78, 5) is 4.94. The summed E-state index contributed by atoms with van der Waals surface area (Å²) in [5.74, 6) is 0.645. The molecular formula is C15H33N3O. The van der Waals surface area contributed by atoms with E-state index in [-0.39, 0.29) is 6.10 Å². The lowest BCUT2D eigenvalue weighted by atomic mass is 10.2. The molecule has 0 amide bonds. The molecule has 2 unspecified atom stereocenters. The predicted molar refractivity (Wildman–Crippen MR) is 81.5 cm³/mol. The molecule has 1 heterocycles. The first-order valence-electron chi connectivity index (χ1n) is 7.88. The molecule has 4 nitrogen and oxygen atoms in total. The molecule has 0 aromatic carbocycles. The van der Waals surface area contributed by atoms with Crippen molar-refractivity contribution < 1.29 is 5.11 Å². The van der Waals surface area contributed by atoms with Gasteiger partial charge in [0, 0.05) is 45.3 Å². The molecule has 0 aliphatic carbocycles. The van der Waals surface area contributed by atoms with E-state index in [1.54, 1.807) is 0 Å². The van der Waals surface area contributed by atoms with E-state index in [1.807, 2.05) is 0 Å². The number of hydrogen-bond donors (Lipinski definition) is 2. The van der Waals surface area contributed by atoms with Gasteiger partial charge in [0.1, 0.15) is 0 Å². The highest BCUT2D eigenvalue weighted by Crippen LogP contribution is 2.08. The molecule has 1 aliphatic rings. The first kappa shape index (κ1) is 16.9. The van der Waals surface area contributed by atoms with Crippen LogP contribution in [0, 0.1) is 5.92 Å². The highest BCUT2D eigenvalue weighted by Gasteiger charge is 2.21. The van der Waals surface area contributed by atoms with Gasteiger partial charge in [-0.2, -0.15) is 0 Å². The zero-order chi connectivity index (χ0) is 14.3. The monoisotopic (exact) mass is 271 g/mol. The Morgan fingerprint density at radius 1 is 1.05 bits per heavy atom.